The van der Waals surface area contributed by atoms with E-state index in [2.05, 4.69) is 26.5 Å². The molecule has 2 heterocycles. The van der Waals surface area contributed by atoms with Gasteiger partial charge in [-0.25, -0.2) is 4.99 Å². The van der Waals surface area contributed by atoms with E-state index < -0.39 is 11.6 Å². The van der Waals surface area contributed by atoms with Crippen molar-refractivity contribution in [2.24, 2.45) is 17.8 Å². The number of aryl methyl sites for hydroxylation is 1. The van der Waals surface area contributed by atoms with Crippen LogP contribution in [0.25, 0.3) is 0 Å². The molecule has 26 heavy (non-hydrogen) atoms. The van der Waals surface area contributed by atoms with Gasteiger partial charge >= 0.3 is 0 Å². The monoisotopic (exact) mass is 364 g/mol. The molecule has 9 N–H and O–H groups in total. The number of primary amides is 1. The normalized spacial score (nSPS) is 20.6. The molecule has 0 aromatic carbocycles. The van der Waals surface area contributed by atoms with Gasteiger partial charge in [-0.2, -0.15) is 5.10 Å². The Balaban J connectivity index is 1.97. The highest BCUT2D eigenvalue weighted by atomic mass is 16.5. The lowest BCUT2D eigenvalue weighted by atomic mass is 10.0. The number of hydrogen-bond acceptors (Lipinski definition) is 7. The van der Waals surface area contributed by atoms with Crippen molar-refractivity contribution in [3.05, 3.63) is 12.4 Å². The van der Waals surface area contributed by atoms with Crippen LogP contribution in [0.15, 0.2) is 17.4 Å². The van der Waals surface area contributed by atoms with Gasteiger partial charge in [0.2, 0.25) is 0 Å². The fraction of sp³-hybridized carbons (Fsp3) is 0.533. The highest BCUT2D eigenvalue weighted by Gasteiger charge is 2.25. The van der Waals surface area contributed by atoms with Crippen molar-refractivity contribution in [3.8, 4) is 0 Å². The fourth-order valence-corrected chi connectivity index (χ4v) is 2.52. The molecule has 0 saturated carbocycles. The number of amidine groups is 1. The summed E-state index contributed by atoms with van der Waals surface area (Å²) in [6.07, 6.45) is 4.17. The standard InChI is InChI=1S/C15H25N9O2/c1-24-7-9(4-22-24)20-5-12(14(18)15(19)25)23-13(17)6-21-11-2-3-26-8-10(11)16/h4,7,10-11,17-18,20-21H,2-3,5-6,8,16H2,1H3,(H2,19,25)/p+1. The van der Waals surface area contributed by atoms with Crippen molar-refractivity contribution in [1.82, 2.24) is 15.1 Å². The van der Waals surface area contributed by atoms with E-state index >= 15 is 0 Å². The van der Waals surface area contributed by atoms with Crippen LogP contribution in [0.1, 0.15) is 6.42 Å². The Hall–Kier alpha value is -2.63. The average molecular weight is 364 g/mol. The van der Waals surface area contributed by atoms with Crippen LogP contribution in [0.5, 0.6) is 0 Å². The van der Waals surface area contributed by atoms with E-state index in [1.165, 1.54) is 0 Å². The summed E-state index contributed by atoms with van der Waals surface area (Å²) in [5.41, 5.74) is 9.62. The number of aliphatic imine (C=N–C) groups is 1. The lowest BCUT2D eigenvalue weighted by molar-refractivity contribution is -0.439. The molecule has 2 rings (SSSR count). The smallest absolute Gasteiger partial charge is 0.268 e. The SMILES string of the molecule is Cn1cc(NCC(=NC(=N)CNC2CCOCC2[NH3+])C(=N)C(N)=O)cn1. The molecule has 1 aliphatic rings. The molecule has 1 amide bonds. The Morgan fingerprint density at radius 2 is 2.31 bits per heavy atom. The second-order valence-corrected chi connectivity index (χ2v) is 6.11. The summed E-state index contributed by atoms with van der Waals surface area (Å²) in [5, 5.41) is 26.1. The van der Waals surface area contributed by atoms with Gasteiger partial charge in [-0.05, 0) is 6.42 Å². The first-order chi connectivity index (χ1) is 12.4. The van der Waals surface area contributed by atoms with E-state index in [9.17, 15) is 4.79 Å². The van der Waals surface area contributed by atoms with Gasteiger partial charge in [0.1, 0.15) is 17.6 Å². The minimum absolute atomic E-state index is 0.0117. The van der Waals surface area contributed by atoms with Gasteiger partial charge in [-0.1, -0.05) is 0 Å². The average Bonchev–Trinajstić information content (AvgIpc) is 3.02. The second kappa shape index (κ2) is 9.17. The summed E-state index contributed by atoms with van der Waals surface area (Å²) in [5.74, 6) is -0.877. The number of anilines is 1. The van der Waals surface area contributed by atoms with E-state index in [4.69, 9.17) is 21.3 Å². The molecule has 11 nitrogen and oxygen atoms in total. The molecule has 1 aromatic heterocycles. The van der Waals surface area contributed by atoms with Crippen LogP contribution in [-0.2, 0) is 16.6 Å². The van der Waals surface area contributed by atoms with Gasteiger partial charge in [0.05, 0.1) is 43.3 Å². The minimum atomic E-state index is -0.889. The lowest BCUT2D eigenvalue weighted by Crippen LogP contribution is -2.72. The van der Waals surface area contributed by atoms with Crippen LogP contribution in [-0.4, -0.2) is 71.3 Å². The third kappa shape index (κ3) is 5.72. The number of nitrogens with zero attached hydrogens (tertiary/aromatic N) is 3. The summed E-state index contributed by atoms with van der Waals surface area (Å²) < 4.78 is 6.96. The first-order valence-corrected chi connectivity index (χ1v) is 8.27. The van der Waals surface area contributed by atoms with Crippen molar-refractivity contribution in [1.29, 1.82) is 10.8 Å². The zero-order chi connectivity index (χ0) is 19.1. The van der Waals surface area contributed by atoms with Crippen LogP contribution >= 0.6 is 0 Å². The van der Waals surface area contributed by atoms with E-state index in [0.717, 1.165) is 6.42 Å². The molecule has 0 bridgehead atoms. The van der Waals surface area contributed by atoms with E-state index in [0.29, 0.717) is 18.9 Å². The predicted octanol–water partition coefficient (Wildman–Crippen LogP) is -2.26. The minimum Gasteiger partial charge on any atom is -0.377 e. The van der Waals surface area contributed by atoms with Crippen LogP contribution in [0.4, 0.5) is 5.69 Å². The molecule has 2 atom stereocenters. The molecule has 142 valence electrons. The summed E-state index contributed by atoms with van der Waals surface area (Å²) in [6, 6.07) is 0.253. The number of carbonyl (C=O) groups excluding carboxylic acids is 1. The Morgan fingerprint density at radius 1 is 1.54 bits per heavy atom. The molecule has 2 unspecified atom stereocenters. The van der Waals surface area contributed by atoms with Crippen LogP contribution < -0.4 is 22.1 Å². The van der Waals surface area contributed by atoms with Crippen LogP contribution in [0.2, 0.25) is 0 Å². The Kier molecular flexibility index (Phi) is 6.95. The molecule has 1 fully saturated rings. The fourth-order valence-electron chi connectivity index (χ4n) is 2.52. The van der Waals surface area contributed by atoms with E-state index in [-0.39, 0.29) is 36.7 Å². The lowest BCUT2D eigenvalue weighted by Gasteiger charge is -2.26. The summed E-state index contributed by atoms with van der Waals surface area (Å²) in [4.78, 5) is 15.4. The van der Waals surface area contributed by atoms with Crippen molar-refractivity contribution < 1.29 is 15.3 Å². The maximum atomic E-state index is 11.4. The van der Waals surface area contributed by atoms with Gasteiger partial charge in [-0.3, -0.25) is 20.3 Å². The molecule has 1 aliphatic heterocycles. The molecule has 0 radical (unpaired) electrons. The largest absolute Gasteiger partial charge is 0.377 e. The van der Waals surface area contributed by atoms with Crippen LogP contribution in [0, 0.1) is 10.8 Å². The van der Waals surface area contributed by atoms with Gasteiger partial charge in [0.25, 0.3) is 5.91 Å². The number of aromatic nitrogens is 2. The molecule has 0 spiro atoms. The Morgan fingerprint density at radius 3 is 2.92 bits per heavy atom. The van der Waals surface area contributed by atoms with Gasteiger partial charge in [0, 0.05) is 19.9 Å². The zero-order valence-electron chi connectivity index (χ0n) is 14.8. The molecular weight excluding hydrogens is 338 g/mol. The maximum Gasteiger partial charge on any atom is 0.268 e. The van der Waals surface area contributed by atoms with E-state index in [1.54, 1.807) is 24.1 Å². The number of carbonyl (C=O) groups is 1. The third-order valence-corrected chi connectivity index (χ3v) is 3.98. The topological polar surface area (TPSA) is 182 Å². The number of ether oxygens (including phenoxy) is 1. The van der Waals surface area contributed by atoms with Gasteiger partial charge in [-0.15, -0.1) is 0 Å². The second-order valence-electron chi connectivity index (χ2n) is 6.11. The number of nitrogens with one attached hydrogen (secondary N) is 4. The summed E-state index contributed by atoms with van der Waals surface area (Å²) in [7, 11) is 1.78. The molecule has 1 aromatic rings. The molecule has 0 aliphatic carbocycles. The van der Waals surface area contributed by atoms with Crippen molar-refractivity contribution in [3.63, 3.8) is 0 Å². The van der Waals surface area contributed by atoms with Crippen LogP contribution in [0.3, 0.4) is 0 Å². The van der Waals surface area contributed by atoms with Gasteiger partial charge in [0.15, 0.2) is 0 Å². The number of rotatable bonds is 8. The quantitative estimate of drug-likeness (QED) is 0.224. The Labute approximate surface area is 151 Å². The van der Waals surface area contributed by atoms with Crippen molar-refractivity contribution in [2.75, 3.05) is 31.6 Å². The molecule has 1 saturated heterocycles. The first-order valence-electron chi connectivity index (χ1n) is 8.27. The maximum absolute atomic E-state index is 11.4. The Bertz CT molecular complexity index is 697. The van der Waals surface area contributed by atoms with Gasteiger partial charge < -0.3 is 26.8 Å². The number of nitrogens with two attached hydrogens (primary N) is 1. The molecule has 11 heteroatoms. The number of quaternary nitrogens is 1. The van der Waals surface area contributed by atoms with Crippen molar-refractivity contribution >= 4 is 28.9 Å². The predicted molar refractivity (Wildman–Crippen MR) is 97.7 cm³/mol. The zero-order valence-corrected chi connectivity index (χ0v) is 14.8. The van der Waals surface area contributed by atoms with Crippen molar-refractivity contribution in [2.45, 2.75) is 18.5 Å². The number of amides is 1. The van der Waals surface area contributed by atoms with E-state index in [1.807, 2.05) is 0 Å². The number of hydrogen-bond donors (Lipinski definition) is 6. The first kappa shape index (κ1) is 19.7. The highest BCUT2D eigenvalue weighted by Crippen LogP contribution is 2.05. The summed E-state index contributed by atoms with van der Waals surface area (Å²) in [6.45, 7) is 1.54. The summed E-state index contributed by atoms with van der Waals surface area (Å²) >= 11 is 0. The third-order valence-electron chi connectivity index (χ3n) is 3.98. The highest BCUT2D eigenvalue weighted by molar-refractivity contribution is 6.66. The molecular formula is C15H26N9O2+.